The van der Waals surface area contributed by atoms with Crippen LogP contribution in [0.15, 0.2) is 48.6 Å². The van der Waals surface area contributed by atoms with E-state index in [1.54, 1.807) is 6.07 Å². The average molecular weight is 338 g/mol. The summed E-state index contributed by atoms with van der Waals surface area (Å²) in [5, 5.41) is 1.07. The fourth-order valence-electron chi connectivity index (χ4n) is 2.92. The van der Waals surface area contributed by atoms with E-state index in [2.05, 4.69) is 4.98 Å². The van der Waals surface area contributed by atoms with Gasteiger partial charge in [-0.05, 0) is 45.5 Å². The van der Waals surface area contributed by atoms with Crippen molar-refractivity contribution in [1.29, 1.82) is 0 Å². The molecule has 2 aromatic carbocycles. The van der Waals surface area contributed by atoms with Crippen LogP contribution >= 0.6 is 0 Å². The molecule has 0 spiro atoms. The molecule has 0 bridgehead atoms. The number of pyridine rings is 1. The van der Waals surface area contributed by atoms with Crippen molar-refractivity contribution >= 4 is 27.3 Å². The minimum Gasteiger partial charge on any atom is -0.299 e. The third-order valence-corrected chi connectivity index (χ3v) is 4.42. The molecule has 0 fully saturated rings. The Bertz CT molecular complexity index is 1450. The van der Waals surface area contributed by atoms with Gasteiger partial charge in [-0.1, -0.05) is 59.7 Å². The van der Waals surface area contributed by atoms with Gasteiger partial charge in [0.15, 0.2) is 0 Å². The van der Waals surface area contributed by atoms with Crippen molar-refractivity contribution in [3.63, 3.8) is 0 Å². The van der Waals surface area contributed by atoms with Gasteiger partial charge in [0.25, 0.3) is 0 Å². The summed E-state index contributed by atoms with van der Waals surface area (Å²) in [5.41, 5.74) is 0.130. The van der Waals surface area contributed by atoms with Gasteiger partial charge in [-0.25, -0.2) is 4.98 Å². The fraction of sp³-hybridized carbons (Fsp3) is 0.348. The van der Waals surface area contributed by atoms with Crippen molar-refractivity contribution in [1.82, 2.24) is 9.38 Å². The van der Waals surface area contributed by atoms with E-state index in [0.717, 1.165) is 0 Å². The molecule has 4 rings (SSSR count). The van der Waals surface area contributed by atoms with Gasteiger partial charge >= 0.3 is 0 Å². The van der Waals surface area contributed by atoms with Crippen molar-refractivity contribution in [3.05, 3.63) is 59.8 Å². The summed E-state index contributed by atoms with van der Waals surface area (Å²) >= 11 is 0. The van der Waals surface area contributed by atoms with Crippen molar-refractivity contribution in [3.8, 4) is 0 Å². The molecule has 2 nitrogen and oxygen atoms in total. The lowest BCUT2D eigenvalue weighted by Crippen LogP contribution is -2.11. The molecule has 0 unspecified atom stereocenters. The minimum absolute atomic E-state index is 0.0334. The van der Waals surface area contributed by atoms with Crippen LogP contribution in [0, 0.1) is 0 Å². The van der Waals surface area contributed by atoms with Crippen LogP contribution in [0.2, 0.25) is 0 Å². The molecule has 128 valence electrons. The summed E-state index contributed by atoms with van der Waals surface area (Å²) < 4.78 is 62.0. The van der Waals surface area contributed by atoms with Crippen LogP contribution in [-0.4, -0.2) is 9.38 Å². The Kier molecular flexibility index (Phi) is 2.02. The SMILES string of the molecule is [2H]c1cc2c(c([2H])c1C(C)(C)C)c1c([2H])c(C(C)(C)C)c([2H])c([2H])c1n1c([2H])c([2H])nc21. The zero-order valence-corrected chi connectivity index (χ0v) is 15.5. The molecule has 0 amide bonds. The normalized spacial score (nSPS) is 17.1. The first-order valence-corrected chi connectivity index (χ1v) is 8.45. The molecule has 2 heterocycles. The monoisotopic (exact) mass is 337 g/mol. The van der Waals surface area contributed by atoms with E-state index in [1.165, 1.54) is 4.40 Å². The summed E-state index contributed by atoms with van der Waals surface area (Å²) in [4.78, 5) is 4.21. The largest absolute Gasteiger partial charge is 0.299 e. The van der Waals surface area contributed by atoms with Crippen molar-refractivity contribution in [2.45, 2.75) is 52.4 Å². The van der Waals surface area contributed by atoms with Gasteiger partial charge < -0.3 is 0 Å². The van der Waals surface area contributed by atoms with Crippen molar-refractivity contribution < 1.29 is 9.60 Å². The number of hydrogen-bond donors (Lipinski definition) is 0. The van der Waals surface area contributed by atoms with Crippen LogP contribution in [0.4, 0.5) is 0 Å². The number of aromatic nitrogens is 2. The molecular formula is C23H26N2. The predicted molar refractivity (Wildman–Crippen MR) is 108 cm³/mol. The van der Waals surface area contributed by atoms with Crippen molar-refractivity contribution in [2.75, 3.05) is 0 Å². The second-order valence-corrected chi connectivity index (χ2v) is 8.55. The molecule has 0 aliphatic rings. The van der Waals surface area contributed by atoms with Crippen LogP contribution in [0.3, 0.4) is 0 Å². The lowest BCUT2D eigenvalue weighted by Gasteiger charge is -2.22. The topological polar surface area (TPSA) is 17.3 Å². The summed E-state index contributed by atoms with van der Waals surface area (Å²) in [7, 11) is 0. The predicted octanol–water partition coefficient (Wildman–Crippen LogP) is 6.24. The molecule has 4 aromatic rings. The summed E-state index contributed by atoms with van der Waals surface area (Å²) in [5.74, 6) is 0. The number of fused-ring (bicyclic) bond motifs is 6. The summed E-state index contributed by atoms with van der Waals surface area (Å²) in [6, 6.07) is 1.59. The van der Waals surface area contributed by atoms with E-state index >= 15 is 0 Å². The van der Waals surface area contributed by atoms with Gasteiger partial charge in [-0.15, -0.1) is 0 Å². The Morgan fingerprint density at radius 2 is 1.48 bits per heavy atom. The smallest absolute Gasteiger partial charge is 0.145 e. The highest BCUT2D eigenvalue weighted by molar-refractivity contribution is 6.12. The molecule has 0 aliphatic heterocycles. The highest BCUT2D eigenvalue weighted by Gasteiger charge is 2.19. The van der Waals surface area contributed by atoms with Gasteiger partial charge in [-0.3, -0.25) is 4.40 Å². The maximum absolute atomic E-state index is 9.07. The average Bonchev–Trinajstić information content (AvgIpc) is 2.92. The second-order valence-electron chi connectivity index (χ2n) is 8.55. The molecule has 0 saturated heterocycles. The van der Waals surface area contributed by atoms with E-state index in [0.29, 0.717) is 27.3 Å². The molecule has 0 atom stereocenters. The van der Waals surface area contributed by atoms with E-state index in [1.807, 2.05) is 41.5 Å². The first-order chi connectivity index (χ1) is 14.6. The molecule has 0 aliphatic carbocycles. The van der Waals surface area contributed by atoms with Gasteiger partial charge in [0.05, 0.1) is 15.1 Å². The lowest BCUT2D eigenvalue weighted by molar-refractivity contribution is 0.590. The highest BCUT2D eigenvalue weighted by atomic mass is 15.0. The van der Waals surface area contributed by atoms with E-state index < -0.39 is 10.8 Å². The Hall–Kier alpha value is -2.35. The zero-order valence-electron chi connectivity index (χ0n) is 22.5. The van der Waals surface area contributed by atoms with Crippen LogP contribution < -0.4 is 0 Å². The Balaban J connectivity index is 2.50. The fourth-order valence-corrected chi connectivity index (χ4v) is 2.92. The maximum Gasteiger partial charge on any atom is 0.145 e. The molecule has 0 N–H and O–H groups in total. The summed E-state index contributed by atoms with van der Waals surface area (Å²) in [6.07, 6.45) is -0.546. The van der Waals surface area contributed by atoms with Gasteiger partial charge in [-0.2, -0.15) is 0 Å². The van der Waals surface area contributed by atoms with Crippen LogP contribution in [0.5, 0.6) is 0 Å². The molecular weight excluding hydrogens is 304 g/mol. The molecule has 2 heteroatoms. The summed E-state index contributed by atoms with van der Waals surface area (Å²) in [6.45, 7) is 11.4. The highest BCUT2D eigenvalue weighted by Crippen LogP contribution is 2.35. The first-order valence-electron chi connectivity index (χ1n) is 11.9. The van der Waals surface area contributed by atoms with Crippen molar-refractivity contribution in [2.24, 2.45) is 0 Å². The van der Waals surface area contributed by atoms with E-state index in [-0.39, 0.29) is 53.7 Å². The molecule has 0 saturated carbocycles. The van der Waals surface area contributed by atoms with E-state index in [9.17, 15) is 0 Å². The standard InChI is InChI=1S/C23H26N2/c1-22(2,3)15-7-9-17-18(13-15)19-14-16(23(4,5)6)8-10-20(19)25-12-11-24-21(17)25/h7-14H,1-6H3/i7D,8D,10D,11D,12D,13D,14D. The van der Waals surface area contributed by atoms with Gasteiger partial charge in [0.2, 0.25) is 0 Å². The van der Waals surface area contributed by atoms with Gasteiger partial charge in [0, 0.05) is 23.1 Å². The minimum atomic E-state index is -0.594. The Morgan fingerprint density at radius 1 is 0.840 bits per heavy atom. The van der Waals surface area contributed by atoms with Crippen LogP contribution in [0.1, 0.15) is 62.3 Å². The Morgan fingerprint density at radius 3 is 2.16 bits per heavy atom. The first kappa shape index (κ1) is 9.96. The maximum atomic E-state index is 9.07. The third kappa shape index (κ3) is 2.52. The number of benzene rings is 2. The second kappa shape index (κ2) is 5.08. The lowest BCUT2D eigenvalue weighted by atomic mass is 9.84. The Labute approximate surface area is 159 Å². The van der Waals surface area contributed by atoms with Crippen LogP contribution in [-0.2, 0) is 10.8 Å². The number of rotatable bonds is 0. The molecule has 0 radical (unpaired) electrons. The number of nitrogens with zero attached hydrogens (tertiary/aromatic N) is 2. The van der Waals surface area contributed by atoms with Crippen LogP contribution in [0.25, 0.3) is 27.3 Å². The quantitative estimate of drug-likeness (QED) is 0.347. The molecule has 2 aromatic heterocycles. The number of imidazole rings is 1. The zero-order chi connectivity index (χ0) is 24.1. The third-order valence-electron chi connectivity index (χ3n) is 4.42. The molecule has 25 heavy (non-hydrogen) atoms. The van der Waals surface area contributed by atoms with E-state index in [4.69, 9.17) is 9.60 Å². The number of hydrogen-bond acceptors (Lipinski definition) is 1. The van der Waals surface area contributed by atoms with Gasteiger partial charge in [0.1, 0.15) is 5.65 Å².